The molecule has 0 unspecified atom stereocenters. The second-order valence-electron chi connectivity index (χ2n) is 3.44. The van der Waals surface area contributed by atoms with Crippen LogP contribution in [0, 0.1) is 0 Å². The van der Waals surface area contributed by atoms with E-state index in [2.05, 4.69) is 62.4 Å². The number of rotatable bonds is 1. The highest BCUT2D eigenvalue weighted by Crippen LogP contribution is 2.17. The van der Waals surface area contributed by atoms with Crippen LogP contribution in [0.4, 0.5) is 0 Å². The van der Waals surface area contributed by atoms with Gasteiger partial charge in [0.15, 0.2) is 0 Å². The summed E-state index contributed by atoms with van der Waals surface area (Å²) < 4.78 is 0. The molecule has 2 aromatic rings. The number of hydrogen-bond acceptors (Lipinski definition) is 0. The van der Waals surface area contributed by atoms with Gasteiger partial charge in [0.1, 0.15) is 0 Å². The van der Waals surface area contributed by atoms with E-state index < -0.39 is 0 Å². The standard InChI is InChI=1S/C12H10.C3H8/c1-3-7-11(8-4-1)12-9-5-2-6-10-12;1-3-2/h1-10H;3H2,1-2H3. The fraction of sp³-hybridized carbons (Fsp3) is 0.200. The molecule has 0 heteroatoms. The molecule has 0 aliphatic heterocycles. The number of hydrogen-bond donors (Lipinski definition) is 0. The molecule has 0 atom stereocenters. The fourth-order valence-electron chi connectivity index (χ4n) is 1.26. The third-order valence-electron chi connectivity index (χ3n) is 1.88. The van der Waals surface area contributed by atoms with Crippen molar-refractivity contribution in [3.8, 4) is 11.1 Å². The van der Waals surface area contributed by atoms with E-state index in [1.54, 1.807) is 0 Å². The molecule has 0 bridgehead atoms. The molecule has 0 heterocycles. The van der Waals surface area contributed by atoms with Gasteiger partial charge in [-0.2, -0.15) is 0 Å². The predicted molar refractivity (Wildman–Crippen MR) is 67.8 cm³/mol. The molecule has 0 spiro atoms. The van der Waals surface area contributed by atoms with Crippen molar-refractivity contribution >= 4 is 0 Å². The average Bonchev–Trinajstić information content (AvgIpc) is 2.32. The Morgan fingerprint density at radius 2 is 0.867 bits per heavy atom. The van der Waals surface area contributed by atoms with Crippen LogP contribution in [0.3, 0.4) is 0 Å². The lowest BCUT2D eigenvalue weighted by molar-refractivity contribution is 1.09. The molecule has 78 valence electrons. The Kier molecular flexibility index (Phi) is 5.24. The summed E-state index contributed by atoms with van der Waals surface area (Å²) in [5.41, 5.74) is 2.55. The minimum absolute atomic E-state index is 1.25. The van der Waals surface area contributed by atoms with Gasteiger partial charge in [0.2, 0.25) is 0 Å². The average molecular weight is 198 g/mol. The molecule has 0 aliphatic rings. The van der Waals surface area contributed by atoms with E-state index in [0.717, 1.165) is 0 Å². The first-order chi connectivity index (χ1) is 7.38. The zero-order valence-electron chi connectivity index (χ0n) is 9.48. The molecule has 0 nitrogen and oxygen atoms in total. The second kappa shape index (κ2) is 6.83. The molecule has 0 aromatic heterocycles. The van der Waals surface area contributed by atoms with Gasteiger partial charge in [-0.15, -0.1) is 0 Å². The zero-order chi connectivity index (χ0) is 10.9. The summed E-state index contributed by atoms with van der Waals surface area (Å²) >= 11 is 0. The molecule has 2 rings (SSSR count). The Morgan fingerprint density at radius 1 is 0.600 bits per heavy atom. The van der Waals surface area contributed by atoms with Gasteiger partial charge in [-0.1, -0.05) is 80.9 Å². The molecular formula is C15H18. The first kappa shape index (κ1) is 11.5. The first-order valence-corrected chi connectivity index (χ1v) is 5.49. The summed E-state index contributed by atoms with van der Waals surface area (Å²) in [5.74, 6) is 0. The first-order valence-electron chi connectivity index (χ1n) is 5.49. The molecule has 15 heavy (non-hydrogen) atoms. The van der Waals surface area contributed by atoms with E-state index >= 15 is 0 Å². The Morgan fingerprint density at radius 3 is 1.13 bits per heavy atom. The van der Waals surface area contributed by atoms with Crippen LogP contribution in [0.25, 0.3) is 11.1 Å². The van der Waals surface area contributed by atoms with Gasteiger partial charge in [-0.05, 0) is 11.1 Å². The van der Waals surface area contributed by atoms with Gasteiger partial charge in [-0.3, -0.25) is 0 Å². The summed E-state index contributed by atoms with van der Waals surface area (Å²) in [6.45, 7) is 4.25. The minimum atomic E-state index is 1.25. The van der Waals surface area contributed by atoms with E-state index in [4.69, 9.17) is 0 Å². The van der Waals surface area contributed by atoms with Crippen LogP contribution in [0.1, 0.15) is 20.3 Å². The van der Waals surface area contributed by atoms with Crippen LogP contribution in [0.2, 0.25) is 0 Å². The third kappa shape index (κ3) is 3.99. The van der Waals surface area contributed by atoms with Gasteiger partial charge >= 0.3 is 0 Å². The van der Waals surface area contributed by atoms with Crippen LogP contribution in [0.5, 0.6) is 0 Å². The topological polar surface area (TPSA) is 0 Å². The quantitative estimate of drug-likeness (QED) is 0.619. The maximum absolute atomic E-state index is 2.12. The summed E-state index contributed by atoms with van der Waals surface area (Å²) in [7, 11) is 0. The Labute approximate surface area is 92.6 Å². The molecule has 0 amide bonds. The zero-order valence-corrected chi connectivity index (χ0v) is 9.48. The Hall–Kier alpha value is -1.56. The van der Waals surface area contributed by atoms with Crippen molar-refractivity contribution in [2.24, 2.45) is 0 Å². The van der Waals surface area contributed by atoms with Gasteiger partial charge < -0.3 is 0 Å². The Bertz CT molecular complexity index is 311. The molecule has 0 aliphatic carbocycles. The van der Waals surface area contributed by atoms with E-state index in [0.29, 0.717) is 0 Å². The highest BCUT2D eigenvalue weighted by atomic mass is 14.0. The van der Waals surface area contributed by atoms with Crippen molar-refractivity contribution in [3.63, 3.8) is 0 Å². The highest BCUT2D eigenvalue weighted by Gasteiger charge is 1.91. The molecule has 2 aromatic carbocycles. The van der Waals surface area contributed by atoms with Crippen LogP contribution >= 0.6 is 0 Å². The van der Waals surface area contributed by atoms with Crippen LogP contribution in [0.15, 0.2) is 60.7 Å². The van der Waals surface area contributed by atoms with E-state index in [1.807, 2.05) is 12.1 Å². The van der Waals surface area contributed by atoms with Crippen molar-refractivity contribution in [3.05, 3.63) is 60.7 Å². The molecule has 0 radical (unpaired) electrons. The lowest BCUT2D eigenvalue weighted by atomic mass is 10.1. The summed E-state index contributed by atoms with van der Waals surface area (Å²) in [6.07, 6.45) is 1.25. The van der Waals surface area contributed by atoms with Crippen LogP contribution < -0.4 is 0 Å². The normalized spacial score (nSPS) is 8.93. The smallest absolute Gasteiger partial charge is 0.0184 e. The maximum Gasteiger partial charge on any atom is -0.0184 e. The lowest BCUT2D eigenvalue weighted by Gasteiger charge is -1.98. The summed E-state index contributed by atoms with van der Waals surface area (Å²) in [4.78, 5) is 0. The van der Waals surface area contributed by atoms with Crippen molar-refractivity contribution in [2.45, 2.75) is 20.3 Å². The van der Waals surface area contributed by atoms with Gasteiger partial charge in [0, 0.05) is 0 Å². The number of benzene rings is 2. The lowest BCUT2D eigenvalue weighted by Crippen LogP contribution is -1.73. The minimum Gasteiger partial charge on any atom is -0.0656 e. The SMILES string of the molecule is CCC.c1ccc(-c2ccccc2)cc1. The Balaban J connectivity index is 0.000000337. The summed E-state index contributed by atoms with van der Waals surface area (Å²) in [6, 6.07) is 20.8. The monoisotopic (exact) mass is 198 g/mol. The van der Waals surface area contributed by atoms with Crippen LogP contribution in [-0.2, 0) is 0 Å². The molecular weight excluding hydrogens is 180 g/mol. The second-order valence-corrected chi connectivity index (χ2v) is 3.44. The molecule has 0 fully saturated rings. The largest absolute Gasteiger partial charge is 0.0656 e. The van der Waals surface area contributed by atoms with Gasteiger partial charge in [0.25, 0.3) is 0 Å². The molecule has 0 N–H and O–H groups in total. The van der Waals surface area contributed by atoms with Crippen molar-refractivity contribution in [1.29, 1.82) is 0 Å². The van der Waals surface area contributed by atoms with Crippen molar-refractivity contribution < 1.29 is 0 Å². The van der Waals surface area contributed by atoms with Crippen molar-refractivity contribution in [1.82, 2.24) is 0 Å². The predicted octanol–water partition coefficient (Wildman–Crippen LogP) is 4.77. The van der Waals surface area contributed by atoms with Gasteiger partial charge in [0.05, 0.1) is 0 Å². The fourth-order valence-corrected chi connectivity index (χ4v) is 1.26. The van der Waals surface area contributed by atoms with Crippen LogP contribution in [-0.4, -0.2) is 0 Å². The maximum atomic E-state index is 2.12. The van der Waals surface area contributed by atoms with E-state index in [-0.39, 0.29) is 0 Å². The molecule has 0 saturated heterocycles. The molecule has 0 saturated carbocycles. The van der Waals surface area contributed by atoms with E-state index in [1.165, 1.54) is 17.5 Å². The van der Waals surface area contributed by atoms with Gasteiger partial charge in [-0.25, -0.2) is 0 Å². The summed E-state index contributed by atoms with van der Waals surface area (Å²) in [5, 5.41) is 0. The van der Waals surface area contributed by atoms with E-state index in [9.17, 15) is 0 Å². The highest BCUT2D eigenvalue weighted by molar-refractivity contribution is 5.62. The third-order valence-corrected chi connectivity index (χ3v) is 1.88. The van der Waals surface area contributed by atoms with Crippen molar-refractivity contribution in [2.75, 3.05) is 0 Å².